The zero-order valence-corrected chi connectivity index (χ0v) is 14.3. The van der Waals surface area contributed by atoms with E-state index in [-0.39, 0.29) is 5.41 Å². The Morgan fingerprint density at radius 2 is 0.783 bits per heavy atom. The van der Waals surface area contributed by atoms with Crippen LogP contribution in [0.3, 0.4) is 0 Å². The molecule has 1 saturated carbocycles. The third-order valence-electron chi connectivity index (χ3n) is 5.61. The van der Waals surface area contributed by atoms with Crippen LogP contribution in [0.15, 0.2) is 60.7 Å². The Hall–Kier alpha value is -1.56. The average molecular weight is 306 g/mol. The van der Waals surface area contributed by atoms with Gasteiger partial charge in [-0.05, 0) is 24.0 Å². The van der Waals surface area contributed by atoms with Crippen molar-refractivity contribution in [2.75, 3.05) is 0 Å². The van der Waals surface area contributed by atoms with Crippen molar-refractivity contribution in [1.29, 1.82) is 0 Å². The maximum absolute atomic E-state index is 2.35. The van der Waals surface area contributed by atoms with E-state index in [1.165, 1.54) is 75.3 Å². The zero-order valence-electron chi connectivity index (χ0n) is 14.3. The standard InChI is InChI=1S/C23H30/c1-2-4-6-14-20-23(19-13-5-3-1,21-15-9-7-10-16-21)22-17-11-8-12-18-22/h7-12,15-18H,1-6,13-14,19-20H2. The third-order valence-corrected chi connectivity index (χ3v) is 5.61. The van der Waals surface area contributed by atoms with E-state index in [1.54, 1.807) is 0 Å². The monoisotopic (exact) mass is 306 g/mol. The fourth-order valence-corrected chi connectivity index (χ4v) is 4.30. The minimum absolute atomic E-state index is 0.215. The summed E-state index contributed by atoms with van der Waals surface area (Å²) in [6.07, 6.45) is 13.8. The molecule has 3 rings (SSSR count). The predicted octanol–water partition coefficient (Wildman–Crippen LogP) is 6.89. The summed E-state index contributed by atoms with van der Waals surface area (Å²) in [4.78, 5) is 0. The first-order valence-electron chi connectivity index (χ1n) is 9.53. The first-order chi connectivity index (χ1) is 11.4. The highest BCUT2D eigenvalue weighted by molar-refractivity contribution is 5.39. The van der Waals surface area contributed by atoms with Gasteiger partial charge in [0.15, 0.2) is 0 Å². The molecule has 0 saturated heterocycles. The number of hydrogen-bond donors (Lipinski definition) is 0. The number of rotatable bonds is 2. The number of hydrogen-bond acceptors (Lipinski definition) is 0. The quantitative estimate of drug-likeness (QED) is 0.567. The molecule has 0 bridgehead atoms. The van der Waals surface area contributed by atoms with Crippen molar-refractivity contribution in [3.63, 3.8) is 0 Å². The SMILES string of the molecule is c1ccc(C2(c3ccccc3)CCCCCCCCCC2)cc1. The molecule has 0 unspecified atom stereocenters. The maximum Gasteiger partial charge on any atom is 0.0202 e. The normalized spacial score (nSPS) is 19.7. The summed E-state index contributed by atoms with van der Waals surface area (Å²) in [7, 11) is 0. The summed E-state index contributed by atoms with van der Waals surface area (Å²) in [6.45, 7) is 0. The molecule has 0 heterocycles. The van der Waals surface area contributed by atoms with Crippen molar-refractivity contribution in [3.8, 4) is 0 Å². The van der Waals surface area contributed by atoms with Crippen LogP contribution in [-0.2, 0) is 5.41 Å². The molecule has 0 N–H and O–H groups in total. The van der Waals surface area contributed by atoms with Crippen LogP contribution in [0.2, 0.25) is 0 Å². The smallest absolute Gasteiger partial charge is 0.0202 e. The lowest BCUT2D eigenvalue weighted by Crippen LogP contribution is -2.28. The second-order valence-electron chi connectivity index (χ2n) is 7.14. The molecule has 0 radical (unpaired) electrons. The van der Waals surface area contributed by atoms with Gasteiger partial charge in [-0.2, -0.15) is 0 Å². The molecule has 23 heavy (non-hydrogen) atoms. The van der Waals surface area contributed by atoms with Gasteiger partial charge in [0, 0.05) is 5.41 Å². The predicted molar refractivity (Wildman–Crippen MR) is 99.8 cm³/mol. The highest BCUT2D eigenvalue weighted by Crippen LogP contribution is 2.42. The molecular formula is C23H30. The van der Waals surface area contributed by atoms with Crippen LogP contribution >= 0.6 is 0 Å². The lowest BCUT2D eigenvalue weighted by molar-refractivity contribution is 0.400. The Labute approximate surface area is 141 Å². The van der Waals surface area contributed by atoms with E-state index in [9.17, 15) is 0 Å². The summed E-state index contributed by atoms with van der Waals surface area (Å²) < 4.78 is 0. The van der Waals surface area contributed by atoms with Crippen LogP contribution in [0.25, 0.3) is 0 Å². The maximum atomic E-state index is 2.35. The fraction of sp³-hybridized carbons (Fsp3) is 0.478. The van der Waals surface area contributed by atoms with Crippen LogP contribution in [-0.4, -0.2) is 0 Å². The molecule has 0 spiro atoms. The molecule has 2 aromatic rings. The largest absolute Gasteiger partial charge is 0.0622 e. The van der Waals surface area contributed by atoms with Crippen molar-refractivity contribution in [1.82, 2.24) is 0 Å². The summed E-state index contributed by atoms with van der Waals surface area (Å²) in [5, 5.41) is 0. The second-order valence-corrected chi connectivity index (χ2v) is 7.14. The Balaban J connectivity index is 1.97. The van der Waals surface area contributed by atoms with E-state index in [0.29, 0.717) is 0 Å². The Morgan fingerprint density at radius 3 is 1.17 bits per heavy atom. The van der Waals surface area contributed by atoms with Crippen molar-refractivity contribution in [3.05, 3.63) is 71.8 Å². The van der Waals surface area contributed by atoms with Gasteiger partial charge < -0.3 is 0 Å². The van der Waals surface area contributed by atoms with E-state index in [0.717, 1.165) is 0 Å². The van der Waals surface area contributed by atoms with Crippen LogP contribution in [0.1, 0.15) is 75.3 Å². The van der Waals surface area contributed by atoms with E-state index in [2.05, 4.69) is 60.7 Å². The third kappa shape index (κ3) is 4.05. The van der Waals surface area contributed by atoms with Crippen LogP contribution in [0.5, 0.6) is 0 Å². The molecule has 0 aliphatic heterocycles. The average Bonchev–Trinajstić information content (AvgIpc) is 2.68. The van der Waals surface area contributed by atoms with Gasteiger partial charge in [0.2, 0.25) is 0 Å². The molecule has 0 atom stereocenters. The zero-order chi connectivity index (χ0) is 15.8. The van der Waals surface area contributed by atoms with Crippen LogP contribution in [0, 0.1) is 0 Å². The van der Waals surface area contributed by atoms with E-state index >= 15 is 0 Å². The lowest BCUT2D eigenvalue weighted by atomic mass is 9.68. The van der Waals surface area contributed by atoms with Crippen molar-refractivity contribution >= 4 is 0 Å². The summed E-state index contributed by atoms with van der Waals surface area (Å²) >= 11 is 0. The first kappa shape index (κ1) is 16.3. The van der Waals surface area contributed by atoms with Crippen LogP contribution < -0.4 is 0 Å². The van der Waals surface area contributed by atoms with Crippen molar-refractivity contribution in [2.24, 2.45) is 0 Å². The van der Waals surface area contributed by atoms with Gasteiger partial charge in [-0.3, -0.25) is 0 Å². The Bertz CT molecular complexity index is 502. The van der Waals surface area contributed by atoms with E-state index in [1.807, 2.05) is 0 Å². The molecular weight excluding hydrogens is 276 g/mol. The van der Waals surface area contributed by atoms with Crippen molar-refractivity contribution in [2.45, 2.75) is 69.6 Å². The fourth-order valence-electron chi connectivity index (χ4n) is 4.30. The van der Waals surface area contributed by atoms with Gasteiger partial charge in [-0.25, -0.2) is 0 Å². The molecule has 0 aromatic heterocycles. The molecule has 1 fully saturated rings. The van der Waals surface area contributed by atoms with Gasteiger partial charge >= 0.3 is 0 Å². The minimum atomic E-state index is 0.215. The minimum Gasteiger partial charge on any atom is -0.0622 e. The van der Waals surface area contributed by atoms with E-state index < -0.39 is 0 Å². The van der Waals surface area contributed by atoms with Gasteiger partial charge in [0.25, 0.3) is 0 Å². The molecule has 1 aliphatic carbocycles. The Kier molecular flexibility index (Phi) is 5.91. The van der Waals surface area contributed by atoms with E-state index in [4.69, 9.17) is 0 Å². The first-order valence-corrected chi connectivity index (χ1v) is 9.53. The van der Waals surface area contributed by atoms with Gasteiger partial charge in [0.05, 0.1) is 0 Å². The van der Waals surface area contributed by atoms with Crippen molar-refractivity contribution < 1.29 is 0 Å². The lowest BCUT2D eigenvalue weighted by Gasteiger charge is -2.36. The van der Waals surface area contributed by atoms with Gasteiger partial charge in [-0.1, -0.05) is 112 Å². The molecule has 122 valence electrons. The molecule has 2 aromatic carbocycles. The molecule has 0 nitrogen and oxygen atoms in total. The molecule has 0 heteroatoms. The highest BCUT2D eigenvalue weighted by Gasteiger charge is 2.33. The molecule has 0 amide bonds. The number of benzene rings is 2. The summed E-state index contributed by atoms with van der Waals surface area (Å²) in [5.41, 5.74) is 3.25. The topological polar surface area (TPSA) is 0 Å². The second kappa shape index (κ2) is 8.34. The van der Waals surface area contributed by atoms with Gasteiger partial charge in [0.1, 0.15) is 0 Å². The molecule has 1 aliphatic rings. The Morgan fingerprint density at radius 1 is 0.435 bits per heavy atom. The summed E-state index contributed by atoms with van der Waals surface area (Å²) in [6, 6.07) is 22.6. The van der Waals surface area contributed by atoms with Crippen LogP contribution in [0.4, 0.5) is 0 Å². The van der Waals surface area contributed by atoms with Gasteiger partial charge in [-0.15, -0.1) is 0 Å². The summed E-state index contributed by atoms with van der Waals surface area (Å²) in [5.74, 6) is 0. The highest BCUT2D eigenvalue weighted by atomic mass is 14.4.